The number of ketones is 1. The molecule has 3 aromatic rings. The molecule has 2 bridgehead atoms. The minimum Gasteiger partial charge on any atom is -0.396 e. The molecule has 2 heterocycles. The topological polar surface area (TPSA) is 126 Å². The number of benzene rings is 1. The number of alkyl halides is 13. The van der Waals surface area contributed by atoms with Gasteiger partial charge in [-0.2, -0.15) is 62.2 Å². The van der Waals surface area contributed by atoms with Crippen LogP contribution in [0, 0.1) is 16.6 Å². The molecule has 1 aromatic carbocycles. The van der Waals surface area contributed by atoms with Crippen molar-refractivity contribution < 1.29 is 81.0 Å². The predicted octanol–water partition coefficient (Wildman–Crippen LogP) is 9.78. The van der Waals surface area contributed by atoms with Crippen LogP contribution in [-0.4, -0.2) is 86.2 Å². The second-order valence-electron chi connectivity index (χ2n) is 15.5. The second kappa shape index (κ2) is 18.4. The largest absolute Gasteiger partial charge is 0.460 e. The third-order valence-corrected chi connectivity index (χ3v) is 11.7. The Balaban J connectivity index is 0.000000290. The average molecular weight is 932 g/mol. The molecule has 9 nitrogen and oxygen atoms in total. The first kappa shape index (κ1) is 50.4. The Morgan fingerprint density at radius 1 is 0.758 bits per heavy atom. The van der Waals surface area contributed by atoms with Crippen LogP contribution < -0.4 is 10.6 Å². The van der Waals surface area contributed by atoms with Crippen LogP contribution in [0.25, 0.3) is 5.65 Å². The minimum atomic E-state index is -7.85. The molecule has 0 unspecified atom stereocenters. The summed E-state index contributed by atoms with van der Waals surface area (Å²) in [7, 11) is 0. The van der Waals surface area contributed by atoms with Crippen molar-refractivity contribution in [2.24, 2.45) is 10.8 Å². The van der Waals surface area contributed by atoms with Crippen LogP contribution in [0.3, 0.4) is 0 Å². The number of aliphatic hydroxyl groups is 1. The number of Topliss-reactive ketones (excluding diaryl/α,β-unsaturated/α-hetero) is 1. The number of unbranched alkanes of at least 4 members (excludes halogenated alkanes) is 3. The molecule has 0 aliphatic heterocycles. The molecule has 3 aliphatic carbocycles. The Hall–Kier alpha value is -4.28. The lowest BCUT2D eigenvalue weighted by molar-refractivity contribution is -0.440. The van der Waals surface area contributed by atoms with Crippen LogP contribution in [0.15, 0.2) is 36.5 Å². The van der Waals surface area contributed by atoms with Crippen LogP contribution in [0.1, 0.15) is 104 Å². The number of rotatable bonds is 17. The molecule has 0 radical (unpaired) electrons. The quantitative estimate of drug-likeness (QED) is 0.0915. The van der Waals surface area contributed by atoms with E-state index in [4.69, 9.17) is 16.7 Å². The first-order chi connectivity index (χ1) is 28.5. The fourth-order valence-corrected chi connectivity index (χ4v) is 7.50. The molecule has 24 heteroatoms. The van der Waals surface area contributed by atoms with E-state index in [1.807, 2.05) is 0 Å². The van der Waals surface area contributed by atoms with E-state index in [2.05, 4.69) is 20.7 Å². The summed E-state index contributed by atoms with van der Waals surface area (Å²) in [6.07, 6.45) is -3.97. The maximum Gasteiger partial charge on any atom is 0.460 e. The van der Waals surface area contributed by atoms with Gasteiger partial charge in [-0.15, -0.1) is 0 Å². The number of halogens is 15. The molecule has 3 aliphatic rings. The maximum absolute atomic E-state index is 13.4. The van der Waals surface area contributed by atoms with E-state index in [9.17, 15) is 75.8 Å². The zero-order chi connectivity index (χ0) is 46.7. The number of nitrogens with zero attached hydrogens (tertiary/aromatic N) is 3. The third kappa shape index (κ3) is 9.91. The molecule has 0 atom stereocenters. The van der Waals surface area contributed by atoms with Gasteiger partial charge in [-0.25, -0.2) is 13.9 Å². The zero-order valence-corrected chi connectivity index (χ0v) is 33.3. The Kier molecular flexibility index (Phi) is 15.0. The van der Waals surface area contributed by atoms with Gasteiger partial charge in [-0.1, -0.05) is 30.5 Å². The number of amides is 2. The number of aliphatic hydroxyl groups excluding tert-OH is 1. The summed E-state index contributed by atoms with van der Waals surface area (Å²) in [5.74, 6) is -37.5. The Labute approximate surface area is 348 Å². The highest BCUT2D eigenvalue weighted by Gasteiger charge is 2.90. The number of aromatic nitrogens is 3. The Morgan fingerprint density at radius 3 is 1.89 bits per heavy atom. The van der Waals surface area contributed by atoms with E-state index in [-0.39, 0.29) is 64.7 Å². The molecule has 0 spiro atoms. The number of carbonyl (C=O) groups is 3. The van der Waals surface area contributed by atoms with Gasteiger partial charge >= 0.3 is 35.8 Å². The van der Waals surface area contributed by atoms with Crippen LogP contribution in [-0.2, 0) is 11.3 Å². The van der Waals surface area contributed by atoms with Gasteiger partial charge in [0.2, 0.25) is 0 Å². The molecular formula is C38H40ClF14N5O4. The van der Waals surface area contributed by atoms with E-state index in [1.165, 1.54) is 35.0 Å². The number of nitrogens with one attached hydrogen (secondary N) is 2. The molecule has 2 aromatic heterocycles. The molecule has 346 valence electrons. The fourth-order valence-electron chi connectivity index (χ4n) is 7.30. The van der Waals surface area contributed by atoms with Gasteiger partial charge in [0.1, 0.15) is 23.0 Å². The highest BCUT2D eigenvalue weighted by molar-refractivity contribution is 6.30. The lowest BCUT2D eigenvalue weighted by Gasteiger charge is -2.52. The molecule has 3 N–H and O–H groups in total. The van der Waals surface area contributed by atoms with Gasteiger partial charge in [0, 0.05) is 43.7 Å². The lowest BCUT2D eigenvalue weighted by Crippen LogP contribution is -2.70. The number of hydrogen-bond acceptors (Lipinski definition) is 6. The van der Waals surface area contributed by atoms with Gasteiger partial charge in [0.05, 0.1) is 11.2 Å². The van der Waals surface area contributed by atoms with Crippen LogP contribution in [0.5, 0.6) is 0 Å². The van der Waals surface area contributed by atoms with E-state index in [0.29, 0.717) is 17.8 Å². The monoisotopic (exact) mass is 931 g/mol. The highest BCUT2D eigenvalue weighted by Crippen LogP contribution is 2.61. The minimum absolute atomic E-state index is 0.000239. The highest BCUT2D eigenvalue weighted by atomic mass is 35.5. The SMILES string of the molecule is CC(=O)C12CCC(CNC(=O)c3cc(C(=O)NCc4ccc(F)c(Cl)c4)nc4ccnn34)(CC1)CC2.OCCCCCCC(F)(F)C(F)(F)C(F)(F)C(F)(F)C(F)(F)C(F)(F)F. The lowest BCUT2D eigenvalue weighted by atomic mass is 9.52. The van der Waals surface area contributed by atoms with Crippen molar-refractivity contribution in [3.8, 4) is 0 Å². The summed E-state index contributed by atoms with van der Waals surface area (Å²) in [6.45, 7) is 1.92. The van der Waals surface area contributed by atoms with Crippen molar-refractivity contribution in [2.75, 3.05) is 13.2 Å². The first-order valence-corrected chi connectivity index (χ1v) is 19.3. The van der Waals surface area contributed by atoms with E-state index < -0.39 is 67.0 Å². The van der Waals surface area contributed by atoms with Gasteiger partial charge in [0.15, 0.2) is 5.65 Å². The summed E-state index contributed by atoms with van der Waals surface area (Å²) in [5.41, 5.74) is 1.12. The molecular weight excluding hydrogens is 892 g/mol. The number of carbonyl (C=O) groups excluding carboxylic acids is 3. The molecule has 3 saturated carbocycles. The summed E-state index contributed by atoms with van der Waals surface area (Å²) >= 11 is 5.81. The summed E-state index contributed by atoms with van der Waals surface area (Å²) < 4.78 is 181. The van der Waals surface area contributed by atoms with E-state index in [0.717, 1.165) is 38.5 Å². The molecule has 2 amide bonds. The maximum atomic E-state index is 13.4. The van der Waals surface area contributed by atoms with Crippen molar-refractivity contribution >= 4 is 34.8 Å². The smallest absolute Gasteiger partial charge is 0.396 e. The standard InChI is InChI=1S/C26H27ClFN5O3.C12H13F13O/c1-16(34)26-8-5-25(6-9-26,7-10-26)15-30-24(36)21-13-20(32-22-4-11-31-33(21)22)23(35)29-14-17-2-3-19(28)18(27)12-17;13-7(14,5-3-1-2-4-6-26)8(15,16)9(17,18)10(19,20)11(21,22)12(23,24)25/h2-4,11-13H,5-10,14-15H2,1H3,(H,29,35)(H,30,36);26H,1-6H2. The first-order valence-electron chi connectivity index (χ1n) is 18.9. The number of fused-ring (bicyclic) bond motifs is 4. The third-order valence-electron chi connectivity index (χ3n) is 11.4. The van der Waals surface area contributed by atoms with Crippen molar-refractivity contribution in [2.45, 2.75) is 120 Å². The van der Waals surface area contributed by atoms with Crippen LogP contribution >= 0.6 is 11.6 Å². The van der Waals surface area contributed by atoms with Gasteiger partial charge in [0.25, 0.3) is 11.8 Å². The van der Waals surface area contributed by atoms with Crippen LogP contribution in [0.4, 0.5) is 61.5 Å². The van der Waals surface area contributed by atoms with Crippen molar-refractivity contribution in [3.63, 3.8) is 0 Å². The van der Waals surface area contributed by atoms with Crippen molar-refractivity contribution in [3.05, 3.63) is 64.3 Å². The van der Waals surface area contributed by atoms with E-state index in [1.54, 1.807) is 13.0 Å². The Bertz CT molecular complexity index is 2070. The molecule has 0 saturated heterocycles. The van der Waals surface area contributed by atoms with Crippen molar-refractivity contribution in [1.82, 2.24) is 25.2 Å². The number of hydrogen-bond donors (Lipinski definition) is 3. The van der Waals surface area contributed by atoms with Gasteiger partial charge in [-0.05, 0) is 81.4 Å². The zero-order valence-electron chi connectivity index (χ0n) is 32.5. The summed E-state index contributed by atoms with van der Waals surface area (Å²) in [6, 6.07) is 7.25. The summed E-state index contributed by atoms with van der Waals surface area (Å²) in [4.78, 5) is 42.5. The van der Waals surface area contributed by atoms with Gasteiger partial charge in [-0.3, -0.25) is 14.4 Å². The molecule has 62 heavy (non-hydrogen) atoms. The molecule has 3 fully saturated rings. The second-order valence-corrected chi connectivity index (χ2v) is 15.9. The fraction of sp³-hybridized carbons (Fsp3) is 0.605. The van der Waals surface area contributed by atoms with Crippen molar-refractivity contribution in [1.29, 1.82) is 0 Å². The van der Waals surface area contributed by atoms with E-state index >= 15 is 0 Å². The van der Waals surface area contributed by atoms with Crippen LogP contribution in [0.2, 0.25) is 5.02 Å². The van der Waals surface area contributed by atoms with Gasteiger partial charge < -0.3 is 15.7 Å². The normalized spacial score (nSPS) is 19.8. The Morgan fingerprint density at radius 2 is 1.34 bits per heavy atom. The predicted molar refractivity (Wildman–Crippen MR) is 192 cm³/mol. The summed E-state index contributed by atoms with van der Waals surface area (Å²) in [5, 5.41) is 18.3. The molecule has 6 rings (SSSR count). The average Bonchev–Trinajstić information content (AvgIpc) is 3.69.